The minimum absolute atomic E-state index is 0.691. The topological polar surface area (TPSA) is 13.1 Å². The summed E-state index contributed by atoms with van der Waals surface area (Å²) in [6, 6.07) is 12.1. The number of hydrogen-bond acceptors (Lipinski definition) is 1. The van der Waals surface area contributed by atoms with E-state index in [1.54, 1.807) is 7.11 Å². The van der Waals surface area contributed by atoms with Gasteiger partial charge in [-0.15, -0.1) is 0 Å². The van der Waals surface area contributed by atoms with Gasteiger partial charge in [0.1, 0.15) is 11.9 Å². The predicted octanol–water partition coefficient (Wildman–Crippen LogP) is 14.4. The summed E-state index contributed by atoms with van der Waals surface area (Å²) in [6.07, 6.45) is -52.7. The maximum atomic E-state index is 14.2. The summed E-state index contributed by atoms with van der Waals surface area (Å²) in [4.78, 5) is 0. The van der Waals surface area contributed by atoms with Crippen molar-refractivity contribution in [3.63, 3.8) is 0 Å². The van der Waals surface area contributed by atoms with E-state index >= 15 is 0 Å². The van der Waals surface area contributed by atoms with Gasteiger partial charge in [0.15, 0.2) is 12.7 Å². The highest BCUT2D eigenvalue weighted by atomic mass is 19.4. The SMILES string of the molecule is COc1ccc(C[n+]2cccc3ccccc32)cc1.FC(F)(F)c1cc([B-](c2cc(C(F)(F)F)cc(C(F)(F)F)c2)(c2cc(C(F)(F)F)cc(C(F)(F)F)c2)c2cc(C(F)(F)F)cc(C(F)(F)F)c2)cc(C(F)(F)F)c1. The monoisotopic (exact) mass is 1110 g/mol. The molecule has 6 aromatic carbocycles. The summed E-state index contributed by atoms with van der Waals surface area (Å²) in [5.41, 5.74) is -27.7. The lowest BCUT2D eigenvalue weighted by Gasteiger charge is -2.46. The van der Waals surface area contributed by atoms with Gasteiger partial charge in [0.05, 0.1) is 51.6 Å². The number of nitrogens with zero attached hydrogens (tertiary/aromatic N) is 1. The second-order valence-corrected chi connectivity index (χ2v) is 16.8. The average molecular weight is 1110 g/mol. The standard InChI is InChI=1S/C32H12BF24.C17H16NO/c34-25(35,36)13-1-14(26(37,38)39)6-21(5-13)33(22-7-15(27(40,41)42)2-16(8-22)28(43,44)45,23-9-17(29(46,47)48)3-18(10-23)30(49,50)51)24-11-19(31(52,53)54)4-20(12-24)32(55,56)57;1-19-16-10-8-14(9-11-16)13-18-12-4-6-15-5-2-3-7-17(15)18/h1-12H;2-12H,13H2,1H3/q-1;+1. The molecule has 0 amide bonds. The van der Waals surface area contributed by atoms with Crippen LogP contribution in [0.1, 0.15) is 50.1 Å². The van der Waals surface area contributed by atoms with E-state index < -0.39 is 195 Å². The predicted molar refractivity (Wildman–Crippen MR) is 226 cm³/mol. The Hall–Kier alpha value is -7.09. The van der Waals surface area contributed by atoms with E-state index in [2.05, 4.69) is 59.3 Å². The van der Waals surface area contributed by atoms with Gasteiger partial charge in [0.2, 0.25) is 5.52 Å². The van der Waals surface area contributed by atoms with Crippen molar-refractivity contribution in [2.24, 2.45) is 0 Å². The lowest BCUT2D eigenvalue weighted by atomic mass is 9.12. The van der Waals surface area contributed by atoms with Crippen LogP contribution in [0.5, 0.6) is 5.75 Å². The number of fused-ring (bicyclic) bond motifs is 1. The minimum Gasteiger partial charge on any atom is -0.497 e. The highest BCUT2D eigenvalue weighted by Gasteiger charge is 2.47. The number of rotatable bonds is 7. The normalized spacial score (nSPS) is 13.4. The van der Waals surface area contributed by atoms with Crippen molar-refractivity contribution in [2.75, 3.05) is 7.11 Å². The molecule has 7 rings (SSSR count). The molecule has 0 aliphatic carbocycles. The number of pyridine rings is 1. The van der Waals surface area contributed by atoms with Crippen LogP contribution in [-0.4, -0.2) is 13.3 Å². The van der Waals surface area contributed by atoms with Crippen LogP contribution in [0.2, 0.25) is 0 Å². The molecule has 1 heterocycles. The van der Waals surface area contributed by atoms with E-state index in [1.807, 2.05) is 12.1 Å². The van der Waals surface area contributed by atoms with E-state index in [1.165, 1.54) is 16.5 Å². The summed E-state index contributed by atoms with van der Waals surface area (Å²) < 4.78 is 348. The van der Waals surface area contributed by atoms with Gasteiger partial charge in [0, 0.05) is 23.1 Å². The van der Waals surface area contributed by atoms with Gasteiger partial charge in [-0.1, -0.05) is 60.7 Å². The van der Waals surface area contributed by atoms with Crippen LogP contribution < -0.4 is 31.2 Å². The maximum absolute atomic E-state index is 14.2. The van der Waals surface area contributed by atoms with Crippen molar-refractivity contribution in [3.05, 3.63) is 190 Å². The molecule has 7 aromatic rings. The van der Waals surface area contributed by atoms with E-state index in [0.717, 1.165) is 12.3 Å². The molecular formula is C49H28BF24NO. The summed E-state index contributed by atoms with van der Waals surface area (Å²) in [7, 11) is 1.69. The molecule has 27 heteroatoms. The third kappa shape index (κ3) is 12.9. The zero-order valence-electron chi connectivity index (χ0n) is 37.5. The van der Waals surface area contributed by atoms with Crippen LogP contribution in [0.25, 0.3) is 10.9 Å². The Balaban J connectivity index is 0.000000408. The van der Waals surface area contributed by atoms with Crippen LogP contribution >= 0.6 is 0 Å². The van der Waals surface area contributed by atoms with Crippen LogP contribution in [0.4, 0.5) is 105 Å². The number of alkyl halides is 24. The summed E-state index contributed by atoms with van der Waals surface area (Å²) in [5.74, 6) is 0.895. The molecule has 2 nitrogen and oxygen atoms in total. The minimum atomic E-state index is -6.13. The second-order valence-electron chi connectivity index (χ2n) is 16.8. The van der Waals surface area contributed by atoms with E-state index in [4.69, 9.17) is 4.74 Å². The van der Waals surface area contributed by atoms with Crippen LogP contribution in [0, 0.1) is 0 Å². The lowest BCUT2D eigenvalue weighted by molar-refractivity contribution is -0.662. The number of halogens is 24. The Kier molecular flexibility index (Phi) is 15.4. The molecule has 0 saturated heterocycles. The van der Waals surface area contributed by atoms with E-state index in [0.29, 0.717) is 0 Å². The number of benzene rings is 6. The highest BCUT2D eigenvalue weighted by molar-refractivity contribution is 7.20. The Morgan fingerprint density at radius 3 is 0.868 bits per heavy atom. The summed E-state index contributed by atoms with van der Waals surface area (Å²) in [6.45, 7) is 0.866. The third-order valence-electron chi connectivity index (χ3n) is 11.7. The Bertz CT molecular complexity index is 2770. The molecular weight excluding hydrogens is 1090 g/mol. The largest absolute Gasteiger partial charge is 0.497 e. The van der Waals surface area contributed by atoms with Crippen molar-refractivity contribution >= 4 is 38.9 Å². The number of aromatic nitrogens is 1. The lowest BCUT2D eigenvalue weighted by Crippen LogP contribution is -2.75. The fourth-order valence-electron chi connectivity index (χ4n) is 8.36. The van der Waals surface area contributed by atoms with Crippen molar-refractivity contribution in [2.45, 2.75) is 56.0 Å². The van der Waals surface area contributed by atoms with E-state index in [-0.39, 0.29) is 0 Å². The van der Waals surface area contributed by atoms with Crippen molar-refractivity contribution in [1.82, 2.24) is 0 Å². The fraction of sp³-hybridized carbons (Fsp3) is 0.204. The molecule has 0 radical (unpaired) electrons. The molecule has 0 atom stereocenters. The molecule has 0 aliphatic heterocycles. The quantitative estimate of drug-likeness (QED) is 0.0881. The Morgan fingerprint density at radius 2 is 0.605 bits per heavy atom. The number of hydrogen-bond donors (Lipinski definition) is 0. The van der Waals surface area contributed by atoms with Gasteiger partial charge < -0.3 is 4.74 Å². The molecule has 0 N–H and O–H groups in total. The molecule has 406 valence electrons. The van der Waals surface area contributed by atoms with Crippen LogP contribution in [0.3, 0.4) is 0 Å². The van der Waals surface area contributed by atoms with Crippen molar-refractivity contribution in [3.8, 4) is 5.75 Å². The van der Waals surface area contributed by atoms with Crippen molar-refractivity contribution in [1.29, 1.82) is 0 Å². The van der Waals surface area contributed by atoms with Crippen LogP contribution in [-0.2, 0) is 56.0 Å². The van der Waals surface area contributed by atoms with Gasteiger partial charge in [-0.25, -0.2) is 0 Å². The maximum Gasteiger partial charge on any atom is 0.416 e. The Morgan fingerprint density at radius 1 is 0.342 bits per heavy atom. The highest BCUT2D eigenvalue weighted by Crippen LogP contribution is 2.41. The first-order chi connectivity index (χ1) is 34.6. The smallest absolute Gasteiger partial charge is 0.416 e. The molecule has 0 bridgehead atoms. The number of para-hydroxylation sites is 1. The van der Waals surface area contributed by atoms with Gasteiger partial charge in [0.25, 0.3) is 0 Å². The molecule has 0 saturated carbocycles. The van der Waals surface area contributed by atoms with Crippen LogP contribution in [0.15, 0.2) is 140 Å². The summed E-state index contributed by atoms with van der Waals surface area (Å²) in [5, 5.41) is 1.26. The number of ether oxygens (including phenoxy) is 1. The Labute approximate surface area is 411 Å². The first-order valence-corrected chi connectivity index (χ1v) is 21.0. The average Bonchev–Trinajstić information content (AvgIpc) is 3.30. The first-order valence-electron chi connectivity index (χ1n) is 21.0. The van der Waals surface area contributed by atoms with E-state index in [9.17, 15) is 105 Å². The molecule has 0 spiro atoms. The van der Waals surface area contributed by atoms with Gasteiger partial charge in [-0.2, -0.15) is 132 Å². The van der Waals surface area contributed by atoms with Gasteiger partial charge in [-0.05, 0) is 60.7 Å². The molecule has 0 unspecified atom stereocenters. The fourth-order valence-corrected chi connectivity index (χ4v) is 8.36. The van der Waals surface area contributed by atoms with Crippen molar-refractivity contribution < 1.29 is 115 Å². The number of methoxy groups -OCH3 is 1. The van der Waals surface area contributed by atoms with Gasteiger partial charge >= 0.3 is 49.4 Å². The molecule has 0 aliphatic rings. The molecule has 76 heavy (non-hydrogen) atoms. The zero-order valence-corrected chi connectivity index (χ0v) is 37.5. The first kappa shape index (κ1) is 58.2. The second kappa shape index (κ2) is 20.1. The zero-order chi connectivity index (χ0) is 57.0. The third-order valence-corrected chi connectivity index (χ3v) is 11.7. The summed E-state index contributed by atoms with van der Waals surface area (Å²) >= 11 is 0. The molecule has 0 fully saturated rings. The molecule has 1 aromatic heterocycles. The van der Waals surface area contributed by atoms with Gasteiger partial charge in [-0.3, -0.25) is 0 Å².